The largest absolute Gasteiger partial charge is 0.383 e. The summed E-state index contributed by atoms with van der Waals surface area (Å²) in [4.78, 5) is 16.8. The fourth-order valence-corrected chi connectivity index (χ4v) is 3.43. The summed E-state index contributed by atoms with van der Waals surface area (Å²) in [7, 11) is 0. The van der Waals surface area contributed by atoms with Gasteiger partial charge in [-0.25, -0.2) is 13.5 Å². The molecule has 4 rings (SSSR count). The first-order valence-corrected chi connectivity index (χ1v) is 10.2. The Morgan fingerprint density at radius 2 is 1.97 bits per heavy atom. The minimum Gasteiger partial charge on any atom is -0.383 e. The van der Waals surface area contributed by atoms with E-state index in [9.17, 15) is 13.6 Å². The highest BCUT2D eigenvalue weighted by Crippen LogP contribution is 2.34. The normalized spacial score (nSPS) is 10.9. The van der Waals surface area contributed by atoms with Crippen molar-refractivity contribution in [1.82, 2.24) is 19.9 Å². The topological polar surface area (TPSA) is 112 Å². The maximum Gasteiger partial charge on any atom is 0.264 e. The molecule has 2 aromatic heterocycles. The van der Waals surface area contributed by atoms with Crippen LogP contribution >= 0.6 is 11.8 Å². The van der Waals surface area contributed by atoms with Crippen LogP contribution in [0.5, 0.6) is 0 Å². The van der Waals surface area contributed by atoms with Gasteiger partial charge >= 0.3 is 0 Å². The molecule has 4 aromatic rings. The van der Waals surface area contributed by atoms with Crippen LogP contribution in [-0.2, 0) is 11.3 Å². The summed E-state index contributed by atoms with van der Waals surface area (Å²) in [6, 6.07) is 12.4. The minimum absolute atomic E-state index is 0.115. The molecule has 8 nitrogen and oxygen atoms in total. The highest BCUT2D eigenvalue weighted by molar-refractivity contribution is 7.98. The number of aromatic nitrogens is 4. The predicted molar refractivity (Wildman–Crippen MR) is 112 cm³/mol. The molecule has 0 bridgehead atoms. The Balaban J connectivity index is 1.58. The second-order valence-electron chi connectivity index (χ2n) is 6.39. The number of thioether (sulfide) groups is 1. The molecule has 0 saturated heterocycles. The van der Waals surface area contributed by atoms with E-state index >= 15 is 0 Å². The van der Waals surface area contributed by atoms with E-state index in [0.717, 1.165) is 17.7 Å². The molecule has 0 fully saturated rings. The van der Waals surface area contributed by atoms with Crippen LogP contribution in [0.15, 0.2) is 58.1 Å². The van der Waals surface area contributed by atoms with Gasteiger partial charge in [-0.3, -0.25) is 4.79 Å². The number of nitrogens with two attached hydrogens (primary N) is 1. The molecular weight excluding hydrogens is 426 g/mol. The van der Waals surface area contributed by atoms with Gasteiger partial charge in [0.2, 0.25) is 11.7 Å². The van der Waals surface area contributed by atoms with Crippen molar-refractivity contribution in [3.05, 3.63) is 60.2 Å². The van der Waals surface area contributed by atoms with Gasteiger partial charge in [-0.1, -0.05) is 35.5 Å². The second-order valence-corrected chi connectivity index (χ2v) is 7.19. The van der Waals surface area contributed by atoms with Crippen LogP contribution < -0.4 is 11.1 Å². The second kappa shape index (κ2) is 8.56. The van der Waals surface area contributed by atoms with E-state index in [-0.39, 0.29) is 23.9 Å². The molecule has 0 atom stereocenters. The number of halogens is 2. The van der Waals surface area contributed by atoms with E-state index in [1.807, 2.05) is 30.3 Å². The summed E-state index contributed by atoms with van der Waals surface area (Å²) >= 11 is 1.30. The highest BCUT2D eigenvalue weighted by Gasteiger charge is 2.23. The van der Waals surface area contributed by atoms with Crippen LogP contribution in [-0.4, -0.2) is 32.1 Å². The lowest BCUT2D eigenvalue weighted by Crippen LogP contribution is -2.20. The molecule has 0 spiro atoms. The lowest BCUT2D eigenvalue weighted by Gasteiger charge is -2.07. The molecule has 0 radical (unpaired) electrons. The number of benzene rings is 2. The molecule has 31 heavy (non-hydrogen) atoms. The first kappa shape index (κ1) is 20.5. The van der Waals surface area contributed by atoms with E-state index < -0.39 is 17.5 Å². The average Bonchev–Trinajstić information content (AvgIpc) is 3.36. The third-order valence-corrected chi connectivity index (χ3v) is 4.99. The number of hydrogen-bond acceptors (Lipinski definition) is 7. The van der Waals surface area contributed by atoms with E-state index in [1.54, 1.807) is 6.26 Å². The van der Waals surface area contributed by atoms with Crippen molar-refractivity contribution in [1.29, 1.82) is 0 Å². The smallest absolute Gasteiger partial charge is 0.264 e. The first-order chi connectivity index (χ1) is 15.0. The maximum absolute atomic E-state index is 13.3. The van der Waals surface area contributed by atoms with E-state index in [4.69, 9.17) is 10.3 Å². The van der Waals surface area contributed by atoms with Crippen LogP contribution in [0, 0.1) is 11.6 Å². The molecule has 1 amide bonds. The maximum atomic E-state index is 13.3. The Labute approximate surface area is 179 Å². The molecule has 0 saturated carbocycles. The van der Waals surface area contributed by atoms with Gasteiger partial charge in [0.05, 0.1) is 0 Å². The Morgan fingerprint density at radius 1 is 1.19 bits per heavy atom. The fraction of sp³-hybridized carbons (Fsp3) is 0.100. The standard InChI is InChI=1S/C20H16F2N6O2S/c1-31-20-16(19-25-18(27-30-19)11-5-3-2-4-6-11)17(23)28(26-20)10-15(29)24-12-7-8-13(21)14(22)9-12/h2-9H,10,23H2,1H3,(H,24,29). The van der Waals surface area contributed by atoms with Gasteiger partial charge in [0.1, 0.15) is 23.0 Å². The summed E-state index contributed by atoms with van der Waals surface area (Å²) in [6.07, 6.45) is 1.80. The van der Waals surface area contributed by atoms with Crippen LogP contribution in [0.1, 0.15) is 0 Å². The van der Waals surface area contributed by atoms with Crippen molar-refractivity contribution in [3.63, 3.8) is 0 Å². The molecule has 158 valence electrons. The van der Waals surface area contributed by atoms with Crippen molar-refractivity contribution in [2.45, 2.75) is 11.6 Å². The summed E-state index contributed by atoms with van der Waals surface area (Å²) in [5.41, 5.74) is 7.53. The number of amides is 1. The number of carbonyl (C=O) groups excluding carboxylic acids is 1. The third kappa shape index (κ3) is 4.26. The molecule has 2 aromatic carbocycles. The van der Waals surface area contributed by atoms with Gasteiger partial charge in [-0.05, 0) is 18.4 Å². The summed E-state index contributed by atoms with van der Waals surface area (Å²) in [5.74, 6) is -1.85. The summed E-state index contributed by atoms with van der Waals surface area (Å²) < 4.78 is 33.1. The Morgan fingerprint density at radius 3 is 2.68 bits per heavy atom. The lowest BCUT2D eigenvalue weighted by atomic mass is 10.2. The van der Waals surface area contributed by atoms with Crippen LogP contribution in [0.4, 0.5) is 20.3 Å². The average molecular weight is 442 g/mol. The monoisotopic (exact) mass is 442 g/mol. The number of hydrogen-bond donors (Lipinski definition) is 2. The molecule has 0 aliphatic rings. The summed E-state index contributed by atoms with van der Waals surface area (Å²) in [5, 5.41) is 11.3. The zero-order valence-corrected chi connectivity index (χ0v) is 17.0. The number of carbonyl (C=O) groups is 1. The molecule has 0 aliphatic heterocycles. The SMILES string of the molecule is CSc1nn(CC(=O)Nc2ccc(F)c(F)c2)c(N)c1-c1nc(-c2ccccc2)no1. The quantitative estimate of drug-likeness (QED) is 0.437. The van der Waals surface area contributed by atoms with Crippen molar-refractivity contribution in [3.8, 4) is 22.8 Å². The Kier molecular flexibility index (Phi) is 5.67. The van der Waals surface area contributed by atoms with Gasteiger partial charge in [-0.2, -0.15) is 10.1 Å². The molecule has 3 N–H and O–H groups in total. The van der Waals surface area contributed by atoms with E-state index in [2.05, 4.69) is 20.6 Å². The number of nitrogens with one attached hydrogen (secondary N) is 1. The zero-order chi connectivity index (χ0) is 22.0. The number of rotatable bonds is 6. The molecule has 0 unspecified atom stereocenters. The Hall–Kier alpha value is -3.73. The van der Waals surface area contributed by atoms with Gasteiger partial charge < -0.3 is 15.6 Å². The highest BCUT2D eigenvalue weighted by atomic mass is 32.2. The van der Waals surface area contributed by atoms with Gasteiger partial charge in [0, 0.05) is 17.3 Å². The lowest BCUT2D eigenvalue weighted by molar-refractivity contribution is -0.116. The van der Waals surface area contributed by atoms with Gasteiger partial charge in [0.25, 0.3) is 5.89 Å². The number of nitrogen functional groups attached to an aromatic ring is 1. The van der Waals surface area contributed by atoms with Gasteiger partial charge in [0.15, 0.2) is 11.6 Å². The van der Waals surface area contributed by atoms with Crippen LogP contribution in [0.3, 0.4) is 0 Å². The van der Waals surface area contributed by atoms with E-state index in [0.29, 0.717) is 16.4 Å². The van der Waals surface area contributed by atoms with Gasteiger partial charge in [-0.15, -0.1) is 11.8 Å². The Bertz CT molecular complexity index is 1240. The molecule has 0 aliphatic carbocycles. The fourth-order valence-electron chi connectivity index (χ4n) is 2.86. The molecule has 2 heterocycles. The minimum atomic E-state index is -1.06. The molecule has 11 heteroatoms. The number of anilines is 2. The predicted octanol–water partition coefficient (Wildman–Crippen LogP) is 3.82. The van der Waals surface area contributed by atoms with E-state index in [1.165, 1.54) is 22.5 Å². The number of nitrogens with zero attached hydrogens (tertiary/aromatic N) is 4. The van der Waals surface area contributed by atoms with Crippen molar-refractivity contribution >= 4 is 29.2 Å². The van der Waals surface area contributed by atoms with Crippen LogP contribution in [0.25, 0.3) is 22.8 Å². The first-order valence-electron chi connectivity index (χ1n) is 9.01. The van der Waals surface area contributed by atoms with Crippen molar-refractivity contribution < 1.29 is 18.1 Å². The van der Waals surface area contributed by atoms with Crippen LogP contribution in [0.2, 0.25) is 0 Å². The zero-order valence-electron chi connectivity index (χ0n) is 16.2. The summed E-state index contributed by atoms with van der Waals surface area (Å²) in [6.45, 7) is -0.252. The van der Waals surface area contributed by atoms with Crippen molar-refractivity contribution in [2.24, 2.45) is 0 Å². The molecular formula is C20H16F2N6O2S. The van der Waals surface area contributed by atoms with Crippen molar-refractivity contribution in [2.75, 3.05) is 17.3 Å². The third-order valence-electron chi connectivity index (χ3n) is 4.32.